The molecule has 2 aromatic rings. The van der Waals surface area contributed by atoms with Gasteiger partial charge in [-0.3, -0.25) is 9.59 Å². The fourth-order valence-electron chi connectivity index (χ4n) is 2.23. The summed E-state index contributed by atoms with van der Waals surface area (Å²) in [6.07, 6.45) is 0. The fourth-order valence-corrected chi connectivity index (χ4v) is 2.57. The molecular weight excluding hydrogens is 379 g/mol. The lowest BCUT2D eigenvalue weighted by Crippen LogP contribution is -2.36. The van der Waals surface area contributed by atoms with Crippen LogP contribution in [0.1, 0.15) is 17.3 Å². The second kappa shape index (κ2) is 8.69. The summed E-state index contributed by atoms with van der Waals surface area (Å²) in [7, 11) is 1.26. The predicted molar refractivity (Wildman–Crippen MR) is 101 cm³/mol. The topological polar surface area (TPSA) is 75.7 Å². The van der Waals surface area contributed by atoms with Crippen LogP contribution in [0.15, 0.2) is 42.5 Å². The van der Waals surface area contributed by atoms with E-state index in [4.69, 9.17) is 23.2 Å². The number of esters is 1. The summed E-state index contributed by atoms with van der Waals surface area (Å²) in [6, 6.07) is 10.9. The molecule has 0 fully saturated rings. The van der Waals surface area contributed by atoms with Gasteiger partial charge in [-0.25, -0.2) is 4.79 Å². The van der Waals surface area contributed by atoms with Crippen LogP contribution in [0.25, 0.3) is 0 Å². The minimum Gasteiger partial charge on any atom is -0.465 e. The number of halogens is 2. The van der Waals surface area contributed by atoms with Crippen LogP contribution in [0.2, 0.25) is 10.0 Å². The molecule has 8 heteroatoms. The van der Waals surface area contributed by atoms with Crippen molar-refractivity contribution >= 4 is 52.4 Å². The molecule has 0 aliphatic carbocycles. The molecule has 0 saturated carbocycles. The van der Waals surface area contributed by atoms with Gasteiger partial charge in [0.15, 0.2) is 0 Å². The highest BCUT2D eigenvalue weighted by Crippen LogP contribution is 2.25. The summed E-state index contributed by atoms with van der Waals surface area (Å²) in [5.74, 6) is -1.36. The molecule has 26 heavy (non-hydrogen) atoms. The summed E-state index contributed by atoms with van der Waals surface area (Å²) < 4.78 is 4.67. The lowest BCUT2D eigenvalue weighted by atomic mass is 10.2. The summed E-state index contributed by atoms with van der Waals surface area (Å²) in [5, 5.41) is 3.35. The Kier molecular flexibility index (Phi) is 6.60. The summed E-state index contributed by atoms with van der Waals surface area (Å²) in [5.41, 5.74) is 1.01. The number of hydrogen-bond acceptors (Lipinski definition) is 4. The Morgan fingerprint density at radius 3 is 2.50 bits per heavy atom. The van der Waals surface area contributed by atoms with Gasteiger partial charge < -0.3 is 15.0 Å². The number of anilines is 2. The first-order chi connectivity index (χ1) is 12.3. The van der Waals surface area contributed by atoms with E-state index in [1.54, 1.807) is 30.3 Å². The fraction of sp³-hybridized carbons (Fsp3) is 0.167. The molecule has 0 aromatic heterocycles. The number of benzene rings is 2. The molecule has 2 rings (SSSR count). The van der Waals surface area contributed by atoms with Crippen LogP contribution < -0.4 is 10.2 Å². The van der Waals surface area contributed by atoms with Crippen LogP contribution in [0, 0.1) is 0 Å². The molecule has 0 aliphatic rings. The highest BCUT2D eigenvalue weighted by Gasteiger charge is 2.18. The van der Waals surface area contributed by atoms with Gasteiger partial charge in [-0.2, -0.15) is 0 Å². The SMILES string of the molecule is COC(=O)c1cccc(N(CC(=O)Nc2cc(Cl)ccc2Cl)C(C)=O)c1. The van der Waals surface area contributed by atoms with Crippen LogP contribution in [0.3, 0.4) is 0 Å². The molecular formula is C18H16Cl2N2O4. The standard InChI is InChI=1S/C18H16Cl2N2O4/c1-11(23)22(14-5-3-4-12(8-14)18(25)26-2)10-17(24)21-16-9-13(19)6-7-15(16)20/h3-9H,10H2,1-2H3,(H,21,24). The summed E-state index contributed by atoms with van der Waals surface area (Å²) in [4.78, 5) is 37.2. The number of methoxy groups -OCH3 is 1. The number of carbonyl (C=O) groups excluding carboxylic acids is 3. The van der Waals surface area contributed by atoms with Crippen molar-refractivity contribution in [3.8, 4) is 0 Å². The number of carbonyl (C=O) groups is 3. The molecule has 2 amide bonds. The number of rotatable bonds is 5. The first-order valence-electron chi connectivity index (χ1n) is 7.53. The Morgan fingerprint density at radius 1 is 1.12 bits per heavy atom. The Morgan fingerprint density at radius 2 is 1.85 bits per heavy atom. The monoisotopic (exact) mass is 394 g/mol. The van der Waals surface area contributed by atoms with Crippen molar-refractivity contribution in [2.45, 2.75) is 6.92 Å². The van der Waals surface area contributed by atoms with E-state index in [1.807, 2.05) is 0 Å². The second-order valence-electron chi connectivity index (χ2n) is 5.32. The average molecular weight is 395 g/mol. The maximum atomic E-state index is 12.3. The molecule has 6 nitrogen and oxygen atoms in total. The van der Waals surface area contributed by atoms with Crippen molar-refractivity contribution in [3.63, 3.8) is 0 Å². The summed E-state index contributed by atoms with van der Waals surface area (Å²) >= 11 is 11.9. The number of nitrogens with one attached hydrogen (secondary N) is 1. The van der Waals surface area contributed by atoms with Crippen molar-refractivity contribution in [3.05, 3.63) is 58.1 Å². The van der Waals surface area contributed by atoms with Crippen molar-refractivity contribution in [2.24, 2.45) is 0 Å². The lowest BCUT2D eigenvalue weighted by Gasteiger charge is -2.21. The number of ether oxygens (including phenoxy) is 1. The molecule has 0 heterocycles. The van der Waals surface area contributed by atoms with Gasteiger partial charge in [-0.15, -0.1) is 0 Å². The third-order valence-electron chi connectivity index (χ3n) is 3.46. The molecule has 2 aromatic carbocycles. The van der Waals surface area contributed by atoms with E-state index in [9.17, 15) is 14.4 Å². The van der Waals surface area contributed by atoms with E-state index in [1.165, 1.54) is 31.1 Å². The summed E-state index contributed by atoms with van der Waals surface area (Å²) in [6.45, 7) is 1.06. The Hall–Kier alpha value is -2.57. The zero-order valence-electron chi connectivity index (χ0n) is 14.1. The molecule has 0 bridgehead atoms. The minimum atomic E-state index is -0.537. The molecule has 0 unspecified atom stereocenters. The van der Waals surface area contributed by atoms with Gasteiger partial charge in [-0.05, 0) is 36.4 Å². The molecule has 0 atom stereocenters. The maximum Gasteiger partial charge on any atom is 0.337 e. The number of amides is 2. The highest BCUT2D eigenvalue weighted by atomic mass is 35.5. The van der Waals surface area contributed by atoms with E-state index >= 15 is 0 Å². The van der Waals surface area contributed by atoms with Gasteiger partial charge in [0.1, 0.15) is 6.54 Å². The van der Waals surface area contributed by atoms with Crippen LogP contribution in [-0.4, -0.2) is 31.4 Å². The van der Waals surface area contributed by atoms with Gasteiger partial charge in [-0.1, -0.05) is 29.3 Å². The number of hydrogen-bond donors (Lipinski definition) is 1. The molecule has 0 spiro atoms. The van der Waals surface area contributed by atoms with E-state index < -0.39 is 11.9 Å². The van der Waals surface area contributed by atoms with Crippen LogP contribution >= 0.6 is 23.2 Å². The second-order valence-corrected chi connectivity index (χ2v) is 6.16. The first kappa shape index (κ1) is 19.8. The van der Waals surface area contributed by atoms with E-state index in [2.05, 4.69) is 10.1 Å². The molecule has 136 valence electrons. The number of nitrogens with zero attached hydrogens (tertiary/aromatic N) is 1. The smallest absolute Gasteiger partial charge is 0.337 e. The quantitative estimate of drug-likeness (QED) is 0.782. The predicted octanol–water partition coefficient (Wildman–Crippen LogP) is 3.77. The third kappa shape index (κ3) is 4.97. The molecule has 1 N–H and O–H groups in total. The minimum absolute atomic E-state index is 0.261. The normalized spacial score (nSPS) is 10.2. The third-order valence-corrected chi connectivity index (χ3v) is 4.03. The van der Waals surface area contributed by atoms with Gasteiger partial charge >= 0.3 is 5.97 Å². The molecule has 0 aliphatic heterocycles. The Balaban J connectivity index is 2.20. The zero-order valence-corrected chi connectivity index (χ0v) is 15.6. The van der Waals surface area contributed by atoms with Crippen LogP contribution in [-0.2, 0) is 14.3 Å². The zero-order chi connectivity index (χ0) is 19.3. The maximum absolute atomic E-state index is 12.3. The molecule has 0 saturated heterocycles. The van der Waals surface area contributed by atoms with Crippen LogP contribution in [0.5, 0.6) is 0 Å². The van der Waals surface area contributed by atoms with Gasteiger partial charge in [0.05, 0.1) is 23.4 Å². The lowest BCUT2D eigenvalue weighted by molar-refractivity contribution is -0.120. The van der Waals surface area contributed by atoms with E-state index in [0.29, 0.717) is 21.4 Å². The highest BCUT2D eigenvalue weighted by molar-refractivity contribution is 6.35. The van der Waals surface area contributed by atoms with Gasteiger partial charge in [0.2, 0.25) is 11.8 Å². The average Bonchev–Trinajstić information content (AvgIpc) is 2.62. The van der Waals surface area contributed by atoms with Gasteiger partial charge in [0.25, 0.3) is 0 Å². The first-order valence-corrected chi connectivity index (χ1v) is 8.29. The van der Waals surface area contributed by atoms with Crippen LogP contribution in [0.4, 0.5) is 11.4 Å². The van der Waals surface area contributed by atoms with Crippen molar-refractivity contribution < 1.29 is 19.1 Å². The van der Waals surface area contributed by atoms with E-state index in [0.717, 1.165) is 0 Å². The Labute approximate surface area is 160 Å². The largest absolute Gasteiger partial charge is 0.465 e. The van der Waals surface area contributed by atoms with Crippen molar-refractivity contribution in [2.75, 3.05) is 23.9 Å². The van der Waals surface area contributed by atoms with E-state index in [-0.39, 0.29) is 18.0 Å². The molecule has 0 radical (unpaired) electrons. The van der Waals surface area contributed by atoms with Crippen molar-refractivity contribution in [1.29, 1.82) is 0 Å². The Bertz CT molecular complexity index is 855. The van der Waals surface area contributed by atoms with Gasteiger partial charge in [0, 0.05) is 17.6 Å². The van der Waals surface area contributed by atoms with Crippen molar-refractivity contribution in [1.82, 2.24) is 0 Å².